The number of pyridine rings is 1. The number of hydrogen-bond acceptors (Lipinski definition) is 5. The Morgan fingerprint density at radius 1 is 1.15 bits per heavy atom. The fourth-order valence-corrected chi connectivity index (χ4v) is 6.22. The predicted octanol–water partition coefficient (Wildman–Crippen LogP) is 3.73. The van der Waals surface area contributed by atoms with Gasteiger partial charge in [-0.05, 0) is 50.6 Å². The van der Waals surface area contributed by atoms with Crippen LogP contribution in [0.1, 0.15) is 47.4 Å². The standard InChI is InChI=1S/C25H27N3O4S/c1-17-15-27(16-18(2)32-17)33(30,31)21-9-6-8-20(14-21)25(29)24-19(3)22(11-7-12-26)28-13-5-4-10-23(24)28/h4-6,8-10,13-14,17-18H,7,11,15-16H2,1-3H3/t17-,18+. The van der Waals surface area contributed by atoms with Crippen LogP contribution in [0, 0.1) is 18.3 Å². The SMILES string of the molecule is Cc1c(C(=O)c2cccc(S(=O)(=O)N3C[C@@H](C)O[C@@H](C)C3)c2)c2ccccn2c1CCC#N. The fourth-order valence-electron chi connectivity index (χ4n) is 4.59. The van der Waals surface area contributed by atoms with E-state index in [1.165, 1.54) is 16.4 Å². The summed E-state index contributed by atoms with van der Waals surface area (Å²) in [6, 6.07) is 14.0. The molecule has 8 heteroatoms. The molecule has 1 aliphatic rings. The van der Waals surface area contributed by atoms with Crippen molar-refractivity contribution in [2.24, 2.45) is 0 Å². The molecule has 0 spiro atoms. The summed E-state index contributed by atoms with van der Waals surface area (Å²) in [6.07, 6.45) is 2.36. The quantitative estimate of drug-likeness (QED) is 0.517. The number of ether oxygens (including phenoxy) is 1. The van der Waals surface area contributed by atoms with Gasteiger partial charge in [0.25, 0.3) is 0 Å². The van der Waals surface area contributed by atoms with Gasteiger partial charge in [0.15, 0.2) is 5.78 Å². The minimum atomic E-state index is -3.77. The number of aromatic nitrogens is 1. The molecule has 1 saturated heterocycles. The highest BCUT2D eigenvalue weighted by atomic mass is 32.2. The zero-order valence-electron chi connectivity index (χ0n) is 19.0. The van der Waals surface area contributed by atoms with Crippen LogP contribution in [0.15, 0.2) is 53.6 Å². The van der Waals surface area contributed by atoms with Crippen molar-refractivity contribution >= 4 is 21.3 Å². The highest BCUT2D eigenvalue weighted by molar-refractivity contribution is 7.89. The van der Waals surface area contributed by atoms with Crippen LogP contribution in [-0.2, 0) is 21.2 Å². The van der Waals surface area contributed by atoms with Gasteiger partial charge in [-0.25, -0.2) is 8.42 Å². The number of fused-ring (bicyclic) bond motifs is 1. The number of ketones is 1. The van der Waals surface area contributed by atoms with Crippen LogP contribution >= 0.6 is 0 Å². The van der Waals surface area contributed by atoms with Crippen LogP contribution in [0.3, 0.4) is 0 Å². The number of carbonyl (C=O) groups is 1. The lowest BCUT2D eigenvalue weighted by molar-refractivity contribution is -0.0440. The largest absolute Gasteiger partial charge is 0.373 e. The summed E-state index contributed by atoms with van der Waals surface area (Å²) in [5.41, 5.74) is 3.32. The Bertz CT molecular complexity index is 1340. The van der Waals surface area contributed by atoms with Crippen molar-refractivity contribution in [2.75, 3.05) is 13.1 Å². The summed E-state index contributed by atoms with van der Waals surface area (Å²) in [4.78, 5) is 13.7. The van der Waals surface area contributed by atoms with E-state index in [9.17, 15) is 13.2 Å². The molecule has 33 heavy (non-hydrogen) atoms. The Kier molecular flexibility index (Phi) is 6.39. The summed E-state index contributed by atoms with van der Waals surface area (Å²) in [5.74, 6) is -0.236. The van der Waals surface area contributed by atoms with Gasteiger partial charge >= 0.3 is 0 Å². The van der Waals surface area contributed by atoms with Crippen LogP contribution in [-0.4, -0.2) is 48.2 Å². The molecule has 0 saturated carbocycles. The Morgan fingerprint density at radius 3 is 2.58 bits per heavy atom. The average Bonchev–Trinajstić information content (AvgIpc) is 3.07. The normalized spacial score (nSPS) is 19.5. The lowest BCUT2D eigenvalue weighted by Crippen LogP contribution is -2.48. The van der Waals surface area contributed by atoms with E-state index in [2.05, 4.69) is 6.07 Å². The van der Waals surface area contributed by atoms with E-state index in [0.29, 0.717) is 24.0 Å². The number of morpholine rings is 1. The highest BCUT2D eigenvalue weighted by Gasteiger charge is 2.32. The highest BCUT2D eigenvalue weighted by Crippen LogP contribution is 2.28. The second kappa shape index (κ2) is 9.10. The second-order valence-corrected chi connectivity index (χ2v) is 10.4. The van der Waals surface area contributed by atoms with Gasteiger partial charge in [0.2, 0.25) is 10.0 Å². The van der Waals surface area contributed by atoms with E-state index in [-0.39, 0.29) is 36.0 Å². The Morgan fingerprint density at radius 2 is 1.88 bits per heavy atom. The maximum atomic E-state index is 13.6. The molecule has 3 heterocycles. The molecule has 0 amide bonds. The molecule has 0 aliphatic carbocycles. The van der Waals surface area contributed by atoms with E-state index in [4.69, 9.17) is 10.00 Å². The first-order valence-electron chi connectivity index (χ1n) is 11.0. The van der Waals surface area contributed by atoms with Crippen molar-refractivity contribution in [1.82, 2.24) is 8.71 Å². The Labute approximate surface area is 194 Å². The van der Waals surface area contributed by atoms with Crippen molar-refractivity contribution in [2.45, 2.75) is 50.7 Å². The molecule has 7 nitrogen and oxygen atoms in total. The summed E-state index contributed by atoms with van der Waals surface area (Å²) in [6.45, 7) is 6.13. The predicted molar refractivity (Wildman–Crippen MR) is 125 cm³/mol. The van der Waals surface area contributed by atoms with E-state index in [0.717, 1.165) is 16.8 Å². The van der Waals surface area contributed by atoms with E-state index < -0.39 is 10.0 Å². The van der Waals surface area contributed by atoms with E-state index in [1.54, 1.807) is 12.1 Å². The summed E-state index contributed by atoms with van der Waals surface area (Å²) in [7, 11) is -3.77. The van der Waals surface area contributed by atoms with Gasteiger partial charge in [-0.3, -0.25) is 4.79 Å². The number of rotatable bonds is 6. The second-order valence-electron chi connectivity index (χ2n) is 8.50. The molecular weight excluding hydrogens is 438 g/mol. The number of hydrogen-bond donors (Lipinski definition) is 0. The molecule has 3 aromatic rings. The van der Waals surface area contributed by atoms with Crippen LogP contribution in [0.4, 0.5) is 0 Å². The lowest BCUT2D eigenvalue weighted by Gasteiger charge is -2.34. The van der Waals surface area contributed by atoms with Gasteiger partial charge < -0.3 is 9.14 Å². The first kappa shape index (κ1) is 23.2. The molecule has 1 aliphatic heterocycles. The molecule has 0 unspecified atom stereocenters. The minimum absolute atomic E-state index is 0.0977. The van der Waals surface area contributed by atoms with E-state index >= 15 is 0 Å². The Hall–Kier alpha value is -2.99. The number of benzene rings is 1. The summed E-state index contributed by atoms with van der Waals surface area (Å²) < 4.78 is 35.7. The molecule has 1 aromatic carbocycles. The zero-order chi connectivity index (χ0) is 23.8. The maximum Gasteiger partial charge on any atom is 0.243 e. The molecule has 0 bridgehead atoms. The van der Waals surface area contributed by atoms with Gasteiger partial charge in [0, 0.05) is 43.4 Å². The van der Waals surface area contributed by atoms with Crippen molar-refractivity contribution in [3.05, 3.63) is 71.0 Å². The van der Waals surface area contributed by atoms with Gasteiger partial charge in [0.05, 0.1) is 34.3 Å². The molecule has 1 fully saturated rings. The van der Waals surface area contributed by atoms with Gasteiger partial charge in [-0.15, -0.1) is 0 Å². The number of aryl methyl sites for hydroxylation is 1. The fraction of sp³-hybridized carbons (Fsp3) is 0.360. The molecule has 4 rings (SSSR count). The van der Waals surface area contributed by atoms with Gasteiger partial charge in [0.1, 0.15) is 0 Å². The molecule has 2 atom stereocenters. The molecular formula is C25H27N3O4S. The summed E-state index contributed by atoms with van der Waals surface area (Å²) >= 11 is 0. The number of sulfonamides is 1. The smallest absolute Gasteiger partial charge is 0.243 e. The number of nitrogens with zero attached hydrogens (tertiary/aromatic N) is 3. The molecule has 0 radical (unpaired) electrons. The third-order valence-electron chi connectivity index (χ3n) is 6.04. The lowest BCUT2D eigenvalue weighted by atomic mass is 9.99. The first-order valence-corrected chi connectivity index (χ1v) is 12.4. The van der Waals surface area contributed by atoms with Crippen molar-refractivity contribution < 1.29 is 17.9 Å². The van der Waals surface area contributed by atoms with Crippen LogP contribution in [0.5, 0.6) is 0 Å². The van der Waals surface area contributed by atoms with Gasteiger partial charge in [-0.1, -0.05) is 18.2 Å². The molecule has 172 valence electrons. The first-order chi connectivity index (χ1) is 15.7. The zero-order valence-corrected chi connectivity index (χ0v) is 19.8. The van der Waals surface area contributed by atoms with Crippen molar-refractivity contribution in [1.29, 1.82) is 5.26 Å². The third-order valence-corrected chi connectivity index (χ3v) is 7.86. The monoisotopic (exact) mass is 465 g/mol. The van der Waals surface area contributed by atoms with Crippen LogP contribution in [0.25, 0.3) is 5.52 Å². The summed E-state index contributed by atoms with van der Waals surface area (Å²) in [5, 5.41) is 9.04. The minimum Gasteiger partial charge on any atom is -0.373 e. The van der Waals surface area contributed by atoms with Crippen molar-refractivity contribution in [3.63, 3.8) is 0 Å². The van der Waals surface area contributed by atoms with E-state index in [1.807, 2.05) is 49.6 Å². The number of nitriles is 1. The number of carbonyl (C=O) groups excluding carboxylic acids is 1. The average molecular weight is 466 g/mol. The van der Waals surface area contributed by atoms with Crippen molar-refractivity contribution in [3.8, 4) is 6.07 Å². The maximum absolute atomic E-state index is 13.6. The van der Waals surface area contributed by atoms with Crippen LogP contribution in [0.2, 0.25) is 0 Å². The topological polar surface area (TPSA) is 91.9 Å². The molecule has 2 aromatic heterocycles. The third kappa shape index (κ3) is 4.32. The molecule has 0 N–H and O–H groups in total. The van der Waals surface area contributed by atoms with Gasteiger partial charge in [-0.2, -0.15) is 9.57 Å². The Balaban J connectivity index is 1.74. The van der Waals surface area contributed by atoms with Crippen LogP contribution < -0.4 is 0 Å².